The van der Waals surface area contributed by atoms with Crippen LogP contribution in [0.4, 0.5) is 0 Å². The summed E-state index contributed by atoms with van der Waals surface area (Å²) in [5.41, 5.74) is 0.961. The lowest BCUT2D eigenvalue weighted by Gasteiger charge is -2.38. The van der Waals surface area contributed by atoms with Gasteiger partial charge < -0.3 is 0 Å². The number of aromatic nitrogens is 2. The zero-order valence-corrected chi connectivity index (χ0v) is 13.0. The lowest BCUT2D eigenvalue weighted by atomic mass is 9.78. The zero-order valence-electron chi connectivity index (χ0n) is 11.4. The largest absolute Gasteiger partial charge is 0.266 e. The first kappa shape index (κ1) is 14.4. The van der Waals surface area contributed by atoms with Gasteiger partial charge in [0.15, 0.2) is 5.03 Å². The van der Waals surface area contributed by atoms with Gasteiger partial charge in [0.2, 0.25) is 0 Å². The summed E-state index contributed by atoms with van der Waals surface area (Å²) in [4.78, 5) is 0. The molecule has 1 aromatic rings. The van der Waals surface area contributed by atoms with E-state index in [1.807, 2.05) is 0 Å². The van der Waals surface area contributed by atoms with Gasteiger partial charge in [-0.15, -0.1) is 11.6 Å². The Morgan fingerprint density at radius 2 is 1.90 bits per heavy atom. The molecule has 20 heavy (non-hydrogen) atoms. The number of nitrogens with zero attached hydrogens (tertiary/aromatic N) is 2. The molecule has 2 heterocycles. The molecular formula is C13H20ClN3O2S. The highest BCUT2D eigenvalue weighted by Gasteiger charge is 2.40. The third-order valence-corrected chi connectivity index (χ3v) is 7.07. The predicted molar refractivity (Wildman–Crippen MR) is 77.0 cm³/mol. The molecule has 1 N–H and O–H groups in total. The number of hydrogen-bond donors (Lipinski definition) is 1. The molecule has 0 amide bonds. The minimum atomic E-state index is -3.48. The summed E-state index contributed by atoms with van der Waals surface area (Å²) < 4.78 is 26.8. The third kappa shape index (κ3) is 2.38. The van der Waals surface area contributed by atoms with Crippen LogP contribution in [0.5, 0.6) is 0 Å². The first-order chi connectivity index (χ1) is 9.57. The van der Waals surface area contributed by atoms with Crippen molar-refractivity contribution in [2.45, 2.75) is 49.4 Å². The summed E-state index contributed by atoms with van der Waals surface area (Å²) >= 11 is 5.77. The number of sulfonamides is 1. The number of aromatic amines is 1. The molecule has 1 aliphatic heterocycles. The zero-order chi connectivity index (χ0) is 14.2. The van der Waals surface area contributed by atoms with E-state index in [1.54, 1.807) is 4.31 Å². The molecule has 1 aromatic heterocycles. The normalized spacial score (nSPS) is 23.4. The Morgan fingerprint density at radius 1 is 1.25 bits per heavy atom. The fourth-order valence-electron chi connectivity index (χ4n) is 3.57. The predicted octanol–water partition coefficient (Wildman–Crippen LogP) is 2.49. The number of nitrogens with one attached hydrogen (secondary N) is 1. The number of H-pyrrole nitrogens is 1. The molecule has 0 unspecified atom stereocenters. The van der Waals surface area contributed by atoms with E-state index in [2.05, 4.69) is 10.2 Å². The van der Waals surface area contributed by atoms with Crippen molar-refractivity contribution in [2.75, 3.05) is 13.1 Å². The van der Waals surface area contributed by atoms with Crippen LogP contribution in [-0.4, -0.2) is 36.0 Å². The summed E-state index contributed by atoms with van der Waals surface area (Å²) in [6.45, 7) is 1.23. The minimum absolute atomic E-state index is 0.156. The van der Waals surface area contributed by atoms with Crippen molar-refractivity contribution >= 4 is 21.6 Å². The van der Waals surface area contributed by atoms with Crippen molar-refractivity contribution in [3.63, 3.8) is 0 Å². The fourth-order valence-corrected chi connectivity index (χ4v) is 5.40. The average Bonchev–Trinajstić information content (AvgIpc) is 3.08. The van der Waals surface area contributed by atoms with Crippen molar-refractivity contribution in [3.8, 4) is 0 Å². The van der Waals surface area contributed by atoms with E-state index in [-0.39, 0.29) is 10.9 Å². The maximum atomic E-state index is 12.6. The van der Waals surface area contributed by atoms with Crippen LogP contribution in [0.3, 0.4) is 0 Å². The van der Waals surface area contributed by atoms with Crippen LogP contribution in [0.1, 0.15) is 44.1 Å². The molecule has 0 radical (unpaired) electrons. The molecule has 0 atom stereocenters. The SMILES string of the molecule is O=S(=O)(c1[nH]ncc1CCl)N1CCC2(CCCC2)CC1. The molecule has 2 aliphatic rings. The Bertz CT molecular complexity index is 568. The van der Waals surface area contributed by atoms with Crippen molar-refractivity contribution in [2.24, 2.45) is 5.41 Å². The van der Waals surface area contributed by atoms with E-state index in [0.29, 0.717) is 24.1 Å². The van der Waals surface area contributed by atoms with Crippen LogP contribution < -0.4 is 0 Å². The first-order valence-corrected chi connectivity index (χ1v) is 9.13. The Kier molecular flexibility index (Phi) is 3.81. The fraction of sp³-hybridized carbons (Fsp3) is 0.769. The monoisotopic (exact) mass is 317 g/mol. The Hall–Kier alpha value is -0.590. The third-order valence-electron chi connectivity index (χ3n) is 4.87. The van der Waals surface area contributed by atoms with E-state index in [0.717, 1.165) is 12.8 Å². The van der Waals surface area contributed by atoms with E-state index in [9.17, 15) is 8.42 Å². The molecule has 0 bridgehead atoms. The van der Waals surface area contributed by atoms with E-state index in [1.165, 1.54) is 31.9 Å². The summed E-state index contributed by atoms with van der Waals surface area (Å²) in [5, 5.41) is 6.56. The molecule has 5 nitrogen and oxygen atoms in total. The summed E-state index contributed by atoms with van der Waals surface area (Å²) in [6, 6.07) is 0. The van der Waals surface area contributed by atoms with Crippen molar-refractivity contribution in [1.82, 2.24) is 14.5 Å². The van der Waals surface area contributed by atoms with E-state index < -0.39 is 10.0 Å². The second-order valence-corrected chi connectivity index (χ2v) is 8.11. The second-order valence-electron chi connectivity index (χ2n) is 5.97. The lowest BCUT2D eigenvalue weighted by Crippen LogP contribution is -2.42. The Balaban J connectivity index is 1.77. The number of rotatable bonds is 3. The number of halogens is 1. The molecule has 7 heteroatoms. The summed E-state index contributed by atoms with van der Waals surface area (Å²) in [7, 11) is -3.48. The van der Waals surface area contributed by atoms with Crippen LogP contribution in [0.2, 0.25) is 0 Å². The topological polar surface area (TPSA) is 66.1 Å². The van der Waals surface area contributed by atoms with Crippen LogP contribution in [0, 0.1) is 5.41 Å². The lowest BCUT2D eigenvalue weighted by molar-refractivity contribution is 0.160. The summed E-state index contributed by atoms with van der Waals surface area (Å²) in [6.07, 6.45) is 8.57. The molecular weight excluding hydrogens is 298 g/mol. The molecule has 1 aliphatic carbocycles. The Labute approximate surface area is 124 Å². The second kappa shape index (κ2) is 5.31. The van der Waals surface area contributed by atoms with Crippen molar-refractivity contribution in [3.05, 3.63) is 11.8 Å². The van der Waals surface area contributed by atoms with Gasteiger partial charge in [-0.05, 0) is 31.1 Å². The molecule has 1 saturated carbocycles. The van der Waals surface area contributed by atoms with E-state index in [4.69, 9.17) is 11.6 Å². The Morgan fingerprint density at radius 3 is 2.50 bits per heavy atom. The standard InChI is InChI=1S/C13H20ClN3O2S/c14-9-11-10-15-16-12(11)20(18,19)17-7-5-13(6-8-17)3-1-2-4-13/h10H,1-9H2,(H,15,16). The molecule has 112 valence electrons. The van der Waals surface area contributed by atoms with E-state index >= 15 is 0 Å². The molecule has 1 saturated heterocycles. The minimum Gasteiger partial charge on any atom is -0.266 e. The van der Waals surface area contributed by atoms with Crippen molar-refractivity contribution in [1.29, 1.82) is 0 Å². The average molecular weight is 318 g/mol. The quantitative estimate of drug-likeness (QED) is 0.871. The van der Waals surface area contributed by atoms with Crippen LogP contribution >= 0.6 is 11.6 Å². The van der Waals surface area contributed by atoms with Gasteiger partial charge in [-0.2, -0.15) is 9.40 Å². The maximum absolute atomic E-state index is 12.6. The van der Waals surface area contributed by atoms with Gasteiger partial charge in [-0.3, -0.25) is 5.10 Å². The van der Waals surface area contributed by atoms with Gasteiger partial charge in [-0.25, -0.2) is 8.42 Å². The van der Waals surface area contributed by atoms with Gasteiger partial charge in [0.05, 0.1) is 12.1 Å². The number of alkyl halides is 1. The highest BCUT2D eigenvalue weighted by atomic mass is 35.5. The van der Waals surface area contributed by atoms with Crippen LogP contribution in [-0.2, 0) is 15.9 Å². The maximum Gasteiger partial charge on any atom is 0.260 e. The summed E-state index contributed by atoms with van der Waals surface area (Å²) in [5.74, 6) is 0.156. The van der Waals surface area contributed by atoms with Gasteiger partial charge in [0.1, 0.15) is 0 Å². The van der Waals surface area contributed by atoms with Gasteiger partial charge in [0.25, 0.3) is 10.0 Å². The highest BCUT2D eigenvalue weighted by molar-refractivity contribution is 7.89. The molecule has 3 rings (SSSR count). The van der Waals surface area contributed by atoms with Gasteiger partial charge in [0, 0.05) is 18.7 Å². The smallest absolute Gasteiger partial charge is 0.260 e. The van der Waals surface area contributed by atoms with Gasteiger partial charge >= 0.3 is 0 Å². The number of hydrogen-bond acceptors (Lipinski definition) is 3. The van der Waals surface area contributed by atoms with Crippen molar-refractivity contribution < 1.29 is 8.42 Å². The molecule has 2 fully saturated rings. The van der Waals surface area contributed by atoms with Crippen LogP contribution in [0.25, 0.3) is 0 Å². The number of piperidine rings is 1. The highest BCUT2D eigenvalue weighted by Crippen LogP contribution is 2.46. The first-order valence-electron chi connectivity index (χ1n) is 7.16. The van der Waals surface area contributed by atoms with Crippen LogP contribution in [0.15, 0.2) is 11.2 Å². The molecule has 0 aromatic carbocycles. The molecule has 1 spiro atoms. The van der Waals surface area contributed by atoms with Gasteiger partial charge in [-0.1, -0.05) is 12.8 Å².